The molecule has 2 aromatic rings. The van der Waals surface area contributed by atoms with Crippen LogP contribution in [0.2, 0.25) is 0 Å². The fourth-order valence-corrected chi connectivity index (χ4v) is 3.75. The van der Waals surface area contributed by atoms with E-state index >= 15 is 0 Å². The predicted octanol–water partition coefficient (Wildman–Crippen LogP) is 1.32. The van der Waals surface area contributed by atoms with Crippen molar-refractivity contribution < 1.29 is 4.52 Å². The molecular formula is C17H24N6O. The Kier molecular flexibility index (Phi) is 4.42. The summed E-state index contributed by atoms with van der Waals surface area (Å²) in [7, 11) is 0. The van der Waals surface area contributed by atoms with Gasteiger partial charge < -0.3 is 14.7 Å². The van der Waals surface area contributed by atoms with Gasteiger partial charge in [0, 0.05) is 38.0 Å². The molecule has 7 heteroatoms. The number of piperidine rings is 1. The second-order valence-electron chi connectivity index (χ2n) is 6.74. The maximum absolute atomic E-state index is 5.26. The van der Waals surface area contributed by atoms with Crippen molar-refractivity contribution in [2.45, 2.75) is 39.0 Å². The molecule has 2 aromatic heterocycles. The van der Waals surface area contributed by atoms with E-state index in [2.05, 4.69) is 30.3 Å². The molecule has 0 radical (unpaired) electrons. The molecule has 0 atom stereocenters. The van der Waals surface area contributed by atoms with E-state index in [1.165, 1.54) is 11.3 Å². The normalized spacial score (nSPS) is 19.1. The molecule has 1 N–H and O–H groups in total. The van der Waals surface area contributed by atoms with Crippen LogP contribution in [0.15, 0.2) is 10.9 Å². The van der Waals surface area contributed by atoms with Gasteiger partial charge in [0.2, 0.25) is 5.89 Å². The summed E-state index contributed by atoms with van der Waals surface area (Å²) in [5.41, 5.74) is 2.56. The molecule has 24 heavy (non-hydrogen) atoms. The number of anilines is 1. The van der Waals surface area contributed by atoms with E-state index < -0.39 is 0 Å². The van der Waals surface area contributed by atoms with Crippen LogP contribution in [0.3, 0.4) is 0 Å². The Balaban J connectivity index is 1.42. The molecule has 0 spiro atoms. The van der Waals surface area contributed by atoms with E-state index in [9.17, 15) is 0 Å². The molecule has 0 saturated carbocycles. The lowest BCUT2D eigenvalue weighted by Crippen LogP contribution is -2.36. The lowest BCUT2D eigenvalue weighted by Gasteiger charge is -2.33. The third kappa shape index (κ3) is 3.26. The van der Waals surface area contributed by atoms with Gasteiger partial charge in [-0.3, -0.25) is 0 Å². The van der Waals surface area contributed by atoms with Crippen LogP contribution in [0, 0.1) is 12.8 Å². The van der Waals surface area contributed by atoms with Crippen LogP contribution in [0.4, 0.5) is 5.82 Å². The summed E-state index contributed by atoms with van der Waals surface area (Å²) in [5, 5.41) is 7.33. The number of rotatable bonds is 3. The van der Waals surface area contributed by atoms with Gasteiger partial charge in [0.25, 0.3) is 0 Å². The zero-order chi connectivity index (χ0) is 16.4. The highest BCUT2D eigenvalue weighted by Crippen LogP contribution is 2.28. The van der Waals surface area contributed by atoms with Crippen molar-refractivity contribution in [2.75, 3.05) is 31.1 Å². The minimum atomic E-state index is 0.614. The molecular weight excluding hydrogens is 304 g/mol. The SMILES string of the molecule is Cc1noc(CC2CCN(c3ncnc4c3CCNCC4)CC2)n1. The highest BCUT2D eigenvalue weighted by molar-refractivity contribution is 5.49. The number of nitrogens with one attached hydrogen (secondary N) is 1. The van der Waals surface area contributed by atoms with E-state index in [0.717, 1.165) is 75.8 Å². The first-order chi connectivity index (χ1) is 11.8. The molecule has 2 aliphatic heterocycles. The monoisotopic (exact) mass is 328 g/mol. The maximum atomic E-state index is 5.26. The highest BCUT2D eigenvalue weighted by atomic mass is 16.5. The zero-order valence-corrected chi connectivity index (χ0v) is 14.2. The molecule has 0 aliphatic carbocycles. The van der Waals surface area contributed by atoms with Crippen LogP contribution in [0.1, 0.15) is 35.8 Å². The quantitative estimate of drug-likeness (QED) is 0.910. The molecule has 0 amide bonds. The smallest absolute Gasteiger partial charge is 0.226 e. The van der Waals surface area contributed by atoms with Gasteiger partial charge in [-0.2, -0.15) is 4.98 Å². The van der Waals surface area contributed by atoms with Crippen molar-refractivity contribution in [3.8, 4) is 0 Å². The molecule has 128 valence electrons. The summed E-state index contributed by atoms with van der Waals surface area (Å²) in [5.74, 6) is 3.26. The van der Waals surface area contributed by atoms with Crippen molar-refractivity contribution >= 4 is 5.82 Å². The molecule has 0 aromatic carbocycles. The van der Waals surface area contributed by atoms with Crippen LogP contribution in [-0.4, -0.2) is 46.3 Å². The topological polar surface area (TPSA) is 80.0 Å². The summed E-state index contributed by atoms with van der Waals surface area (Å²) in [6.07, 6.45) is 6.91. The Hall–Kier alpha value is -2.02. The first-order valence-corrected chi connectivity index (χ1v) is 8.87. The van der Waals surface area contributed by atoms with Crippen LogP contribution < -0.4 is 10.2 Å². The van der Waals surface area contributed by atoms with Crippen LogP contribution in [-0.2, 0) is 19.3 Å². The number of aromatic nitrogens is 4. The Morgan fingerprint density at radius 2 is 2.04 bits per heavy atom. The maximum Gasteiger partial charge on any atom is 0.226 e. The van der Waals surface area contributed by atoms with Crippen molar-refractivity contribution in [3.05, 3.63) is 29.3 Å². The number of fused-ring (bicyclic) bond motifs is 1. The fourth-order valence-electron chi connectivity index (χ4n) is 3.75. The van der Waals surface area contributed by atoms with Gasteiger partial charge in [0.05, 0.1) is 5.69 Å². The number of hydrogen-bond acceptors (Lipinski definition) is 7. The average molecular weight is 328 g/mol. The van der Waals surface area contributed by atoms with Gasteiger partial charge in [-0.25, -0.2) is 9.97 Å². The third-order valence-electron chi connectivity index (χ3n) is 5.05. The number of hydrogen-bond donors (Lipinski definition) is 1. The molecule has 1 fully saturated rings. The predicted molar refractivity (Wildman–Crippen MR) is 90.0 cm³/mol. The Bertz CT molecular complexity index is 692. The third-order valence-corrected chi connectivity index (χ3v) is 5.05. The minimum absolute atomic E-state index is 0.614. The number of nitrogens with zero attached hydrogens (tertiary/aromatic N) is 5. The van der Waals surface area contributed by atoms with Gasteiger partial charge in [-0.15, -0.1) is 0 Å². The summed E-state index contributed by atoms with van der Waals surface area (Å²) in [6, 6.07) is 0. The lowest BCUT2D eigenvalue weighted by molar-refractivity contribution is 0.323. The molecule has 7 nitrogen and oxygen atoms in total. The molecule has 4 rings (SSSR count). The van der Waals surface area contributed by atoms with Gasteiger partial charge in [0.1, 0.15) is 12.1 Å². The van der Waals surface area contributed by atoms with Gasteiger partial charge >= 0.3 is 0 Å². The zero-order valence-electron chi connectivity index (χ0n) is 14.2. The molecule has 1 saturated heterocycles. The summed E-state index contributed by atoms with van der Waals surface area (Å²) < 4.78 is 5.26. The average Bonchev–Trinajstić information content (AvgIpc) is 2.86. The van der Waals surface area contributed by atoms with E-state index in [0.29, 0.717) is 5.92 Å². The first-order valence-electron chi connectivity index (χ1n) is 8.87. The van der Waals surface area contributed by atoms with Gasteiger partial charge in [-0.05, 0) is 38.6 Å². The summed E-state index contributed by atoms with van der Waals surface area (Å²) in [6.45, 7) is 5.96. The van der Waals surface area contributed by atoms with Gasteiger partial charge in [-0.1, -0.05) is 5.16 Å². The molecule has 4 heterocycles. The summed E-state index contributed by atoms with van der Waals surface area (Å²) in [4.78, 5) is 15.9. The molecule has 0 unspecified atom stereocenters. The van der Waals surface area contributed by atoms with Crippen molar-refractivity contribution in [1.82, 2.24) is 25.4 Å². The highest BCUT2D eigenvalue weighted by Gasteiger charge is 2.25. The molecule has 0 bridgehead atoms. The van der Waals surface area contributed by atoms with E-state index in [4.69, 9.17) is 4.52 Å². The lowest BCUT2D eigenvalue weighted by atomic mass is 9.93. The van der Waals surface area contributed by atoms with Crippen LogP contribution in [0.25, 0.3) is 0 Å². The second-order valence-corrected chi connectivity index (χ2v) is 6.74. The van der Waals surface area contributed by atoms with E-state index in [-0.39, 0.29) is 0 Å². The van der Waals surface area contributed by atoms with Gasteiger partial charge in [0.15, 0.2) is 5.82 Å². The second kappa shape index (κ2) is 6.84. The van der Waals surface area contributed by atoms with Crippen molar-refractivity contribution in [3.63, 3.8) is 0 Å². The minimum Gasteiger partial charge on any atom is -0.356 e. The van der Waals surface area contributed by atoms with E-state index in [1.54, 1.807) is 6.33 Å². The Morgan fingerprint density at radius 3 is 2.83 bits per heavy atom. The van der Waals surface area contributed by atoms with E-state index in [1.807, 2.05) is 6.92 Å². The van der Waals surface area contributed by atoms with Crippen LogP contribution >= 0.6 is 0 Å². The van der Waals surface area contributed by atoms with Crippen molar-refractivity contribution in [2.24, 2.45) is 5.92 Å². The standard InChI is InChI=1S/C17H24N6O/c1-12-21-16(24-22-12)10-13-4-8-23(9-5-13)17-14-2-6-18-7-3-15(14)19-11-20-17/h11,13,18H,2-10H2,1H3. The Labute approximate surface area is 141 Å². The fraction of sp³-hybridized carbons (Fsp3) is 0.647. The number of aryl methyl sites for hydroxylation is 1. The first kappa shape index (κ1) is 15.5. The Morgan fingerprint density at radius 1 is 1.21 bits per heavy atom. The molecule has 2 aliphatic rings. The van der Waals surface area contributed by atoms with Crippen LogP contribution in [0.5, 0.6) is 0 Å². The largest absolute Gasteiger partial charge is 0.356 e. The van der Waals surface area contributed by atoms with Crippen molar-refractivity contribution in [1.29, 1.82) is 0 Å². The summed E-state index contributed by atoms with van der Waals surface area (Å²) >= 11 is 0.